The van der Waals surface area contributed by atoms with E-state index in [1.54, 1.807) is 0 Å². The number of anilines is 1. The third-order valence-electron chi connectivity index (χ3n) is 2.53. The van der Waals surface area contributed by atoms with Crippen molar-refractivity contribution in [3.05, 3.63) is 22.9 Å². The molecule has 0 aromatic carbocycles. The molecule has 0 saturated carbocycles. The maximum atomic E-state index is 4.18. The number of thioether (sulfide) groups is 1. The Labute approximate surface area is 97.2 Å². The fourth-order valence-corrected chi connectivity index (χ4v) is 2.75. The second-order valence-electron chi connectivity index (χ2n) is 3.45. The highest BCUT2D eigenvalue weighted by molar-refractivity contribution is 9.10. The van der Waals surface area contributed by atoms with Crippen molar-refractivity contribution in [2.24, 2.45) is 0 Å². The molecule has 4 heteroatoms. The van der Waals surface area contributed by atoms with Gasteiger partial charge in [0.2, 0.25) is 0 Å². The fraction of sp³-hybridized carbons (Fsp3) is 0.500. The van der Waals surface area contributed by atoms with Crippen molar-refractivity contribution in [1.82, 2.24) is 4.98 Å². The molecule has 1 aromatic heterocycles. The van der Waals surface area contributed by atoms with Crippen LogP contribution in [0.4, 0.5) is 5.69 Å². The Bertz CT molecular complexity index is 319. The number of nitrogens with zero attached hydrogens (tertiary/aromatic N) is 2. The zero-order valence-corrected chi connectivity index (χ0v) is 10.5. The number of pyridine rings is 1. The maximum Gasteiger partial charge on any atom is 0.0564 e. The van der Waals surface area contributed by atoms with Crippen LogP contribution < -0.4 is 4.90 Å². The van der Waals surface area contributed by atoms with E-state index in [2.05, 4.69) is 38.1 Å². The summed E-state index contributed by atoms with van der Waals surface area (Å²) in [4.78, 5) is 6.59. The van der Waals surface area contributed by atoms with Gasteiger partial charge in [-0.15, -0.1) is 0 Å². The van der Waals surface area contributed by atoms with Gasteiger partial charge in [0.05, 0.1) is 11.9 Å². The molecular formula is C10H13BrN2S. The van der Waals surface area contributed by atoms with Gasteiger partial charge in [-0.05, 0) is 34.7 Å². The van der Waals surface area contributed by atoms with Crippen molar-refractivity contribution in [3.63, 3.8) is 0 Å². The highest BCUT2D eigenvalue weighted by atomic mass is 79.9. The second-order valence-corrected chi connectivity index (χ2v) is 5.51. The molecule has 0 radical (unpaired) electrons. The molecule has 0 amide bonds. The first kappa shape index (κ1) is 10.3. The third kappa shape index (κ3) is 2.23. The zero-order chi connectivity index (χ0) is 9.97. The van der Waals surface area contributed by atoms with Crippen LogP contribution in [0.15, 0.2) is 22.9 Å². The van der Waals surface area contributed by atoms with Gasteiger partial charge in [0.15, 0.2) is 0 Å². The van der Waals surface area contributed by atoms with Gasteiger partial charge in [0, 0.05) is 29.0 Å². The van der Waals surface area contributed by atoms with Gasteiger partial charge in [-0.25, -0.2) is 0 Å². The first-order valence-electron chi connectivity index (χ1n) is 4.68. The van der Waals surface area contributed by atoms with Gasteiger partial charge in [0.1, 0.15) is 0 Å². The van der Waals surface area contributed by atoms with E-state index in [0.717, 1.165) is 22.8 Å². The minimum absolute atomic E-state index is 0.786. The molecule has 0 spiro atoms. The summed E-state index contributed by atoms with van der Waals surface area (Å²) in [6.07, 6.45) is 7.24. The molecule has 0 N–H and O–H groups in total. The van der Waals surface area contributed by atoms with Crippen LogP contribution in [-0.4, -0.2) is 29.6 Å². The van der Waals surface area contributed by atoms with Crippen molar-refractivity contribution in [3.8, 4) is 0 Å². The maximum absolute atomic E-state index is 4.18. The number of hydrogen-bond donors (Lipinski definition) is 0. The molecule has 2 nitrogen and oxygen atoms in total. The average Bonchev–Trinajstić information content (AvgIpc) is 2.66. The zero-order valence-electron chi connectivity index (χ0n) is 8.11. The average molecular weight is 273 g/mol. The summed E-state index contributed by atoms with van der Waals surface area (Å²) in [5.41, 5.74) is 1.23. The molecule has 0 bridgehead atoms. The smallest absolute Gasteiger partial charge is 0.0564 e. The minimum Gasteiger partial charge on any atom is -0.369 e. The number of halogens is 1. The van der Waals surface area contributed by atoms with Crippen LogP contribution in [0.1, 0.15) is 6.42 Å². The van der Waals surface area contributed by atoms with Crippen molar-refractivity contribution in [1.29, 1.82) is 0 Å². The molecule has 1 aromatic rings. The van der Waals surface area contributed by atoms with E-state index >= 15 is 0 Å². The molecule has 76 valence electrons. The van der Waals surface area contributed by atoms with E-state index < -0.39 is 0 Å². The van der Waals surface area contributed by atoms with Crippen LogP contribution in [0.2, 0.25) is 0 Å². The lowest BCUT2D eigenvalue weighted by atomic mass is 10.4. The summed E-state index contributed by atoms with van der Waals surface area (Å²) in [6.45, 7) is 2.31. The van der Waals surface area contributed by atoms with Crippen LogP contribution in [0.5, 0.6) is 0 Å². The van der Waals surface area contributed by atoms with Gasteiger partial charge >= 0.3 is 0 Å². The minimum atomic E-state index is 0.786. The molecule has 1 fully saturated rings. The standard InChI is InChI=1S/C10H13BrN2S/c1-14-10-2-3-13(7-10)9-4-8(11)5-12-6-9/h4-6,10H,2-3,7H2,1H3. The van der Waals surface area contributed by atoms with Gasteiger partial charge in [-0.1, -0.05) is 0 Å². The summed E-state index contributed by atoms with van der Waals surface area (Å²) in [7, 11) is 0. The lowest BCUT2D eigenvalue weighted by Crippen LogP contribution is -2.20. The molecule has 1 saturated heterocycles. The fourth-order valence-electron chi connectivity index (χ4n) is 1.73. The quantitative estimate of drug-likeness (QED) is 0.824. The molecule has 1 aliphatic heterocycles. The largest absolute Gasteiger partial charge is 0.369 e. The van der Waals surface area contributed by atoms with Gasteiger partial charge in [-0.3, -0.25) is 4.98 Å². The van der Waals surface area contributed by atoms with Crippen LogP contribution >= 0.6 is 27.7 Å². The molecule has 14 heavy (non-hydrogen) atoms. The molecule has 2 rings (SSSR count). The predicted octanol–water partition coefficient (Wildman–Crippen LogP) is 2.79. The molecular weight excluding hydrogens is 260 g/mol. The van der Waals surface area contributed by atoms with Gasteiger partial charge < -0.3 is 4.90 Å². The van der Waals surface area contributed by atoms with Crippen LogP contribution in [-0.2, 0) is 0 Å². The molecule has 1 unspecified atom stereocenters. The summed E-state index contributed by atoms with van der Waals surface area (Å²) < 4.78 is 1.06. The van der Waals surface area contributed by atoms with Gasteiger partial charge in [0.25, 0.3) is 0 Å². The Kier molecular flexibility index (Phi) is 3.34. The highest BCUT2D eigenvalue weighted by Crippen LogP contribution is 2.26. The normalized spacial score (nSPS) is 21.6. The Morgan fingerprint density at radius 2 is 2.43 bits per heavy atom. The van der Waals surface area contributed by atoms with E-state index in [4.69, 9.17) is 0 Å². The van der Waals surface area contributed by atoms with Crippen molar-refractivity contribution in [2.75, 3.05) is 24.2 Å². The topological polar surface area (TPSA) is 16.1 Å². The number of hydrogen-bond acceptors (Lipinski definition) is 3. The predicted molar refractivity (Wildman–Crippen MR) is 66.1 cm³/mol. The summed E-state index contributed by atoms with van der Waals surface area (Å²) >= 11 is 5.41. The summed E-state index contributed by atoms with van der Waals surface area (Å²) in [6, 6.07) is 2.13. The van der Waals surface area contributed by atoms with E-state index in [9.17, 15) is 0 Å². The molecule has 2 heterocycles. The number of aromatic nitrogens is 1. The van der Waals surface area contributed by atoms with E-state index in [0.29, 0.717) is 0 Å². The van der Waals surface area contributed by atoms with Crippen LogP contribution in [0, 0.1) is 0 Å². The van der Waals surface area contributed by atoms with Crippen LogP contribution in [0.3, 0.4) is 0 Å². The van der Waals surface area contributed by atoms with Crippen molar-refractivity contribution >= 4 is 33.4 Å². The lowest BCUT2D eigenvalue weighted by molar-refractivity contribution is 0.960. The van der Waals surface area contributed by atoms with Crippen molar-refractivity contribution in [2.45, 2.75) is 11.7 Å². The highest BCUT2D eigenvalue weighted by Gasteiger charge is 2.21. The third-order valence-corrected chi connectivity index (χ3v) is 4.02. The molecule has 1 atom stereocenters. The SMILES string of the molecule is CSC1CCN(c2cncc(Br)c2)C1. The summed E-state index contributed by atoms with van der Waals surface area (Å²) in [5.74, 6) is 0. The Hall–Kier alpha value is -0.220. The first-order chi connectivity index (χ1) is 6.79. The van der Waals surface area contributed by atoms with E-state index in [-0.39, 0.29) is 0 Å². The molecule has 0 aliphatic carbocycles. The second kappa shape index (κ2) is 4.53. The summed E-state index contributed by atoms with van der Waals surface area (Å²) in [5, 5.41) is 0.786. The lowest BCUT2D eigenvalue weighted by Gasteiger charge is -2.17. The van der Waals surface area contributed by atoms with Crippen LogP contribution in [0.25, 0.3) is 0 Å². The first-order valence-corrected chi connectivity index (χ1v) is 6.76. The Balaban J connectivity index is 2.09. The van der Waals surface area contributed by atoms with E-state index in [1.807, 2.05) is 24.2 Å². The Morgan fingerprint density at radius 3 is 3.07 bits per heavy atom. The van der Waals surface area contributed by atoms with E-state index in [1.165, 1.54) is 12.1 Å². The Morgan fingerprint density at radius 1 is 1.57 bits per heavy atom. The van der Waals surface area contributed by atoms with Crippen molar-refractivity contribution < 1.29 is 0 Å². The molecule has 1 aliphatic rings. The van der Waals surface area contributed by atoms with Gasteiger partial charge in [-0.2, -0.15) is 11.8 Å². The number of rotatable bonds is 2. The monoisotopic (exact) mass is 272 g/mol.